The van der Waals surface area contributed by atoms with Crippen LogP contribution in [0.3, 0.4) is 0 Å². The standard InChI is InChI=1S/C11H16FNO2S/c1-2-15-6-10(14)7-16-11-4-8(12)3-9(13)5-11/h3-5,10,14H,2,6-7,13H2,1H3. The fourth-order valence-electron chi connectivity index (χ4n) is 1.16. The van der Waals surface area contributed by atoms with Gasteiger partial charge in [0.05, 0.1) is 12.7 Å². The van der Waals surface area contributed by atoms with Crippen molar-refractivity contribution < 1.29 is 14.2 Å². The van der Waals surface area contributed by atoms with Crippen LogP contribution in [0.1, 0.15) is 6.92 Å². The number of nitrogen functional groups attached to an aromatic ring is 1. The van der Waals surface area contributed by atoms with Crippen molar-refractivity contribution in [2.45, 2.75) is 17.9 Å². The molecular weight excluding hydrogens is 229 g/mol. The molecule has 0 aromatic heterocycles. The van der Waals surface area contributed by atoms with E-state index in [2.05, 4.69) is 0 Å². The van der Waals surface area contributed by atoms with Crippen LogP contribution in [0.25, 0.3) is 0 Å². The maximum atomic E-state index is 13.0. The highest BCUT2D eigenvalue weighted by atomic mass is 32.2. The van der Waals surface area contributed by atoms with Gasteiger partial charge < -0.3 is 15.6 Å². The van der Waals surface area contributed by atoms with Crippen molar-refractivity contribution in [1.29, 1.82) is 0 Å². The quantitative estimate of drug-likeness (QED) is 0.593. The van der Waals surface area contributed by atoms with Crippen molar-refractivity contribution >= 4 is 17.4 Å². The van der Waals surface area contributed by atoms with E-state index in [9.17, 15) is 9.50 Å². The Balaban J connectivity index is 2.41. The van der Waals surface area contributed by atoms with Gasteiger partial charge in [-0.3, -0.25) is 0 Å². The van der Waals surface area contributed by atoms with E-state index in [-0.39, 0.29) is 5.82 Å². The third-order valence-corrected chi connectivity index (χ3v) is 2.97. The molecule has 0 spiro atoms. The number of halogens is 1. The Labute approximate surface area is 98.8 Å². The Morgan fingerprint density at radius 3 is 2.88 bits per heavy atom. The highest BCUT2D eigenvalue weighted by Gasteiger charge is 2.06. The molecule has 1 rings (SSSR count). The lowest BCUT2D eigenvalue weighted by molar-refractivity contribution is 0.0551. The van der Waals surface area contributed by atoms with Crippen LogP contribution in [-0.2, 0) is 4.74 Å². The number of aliphatic hydroxyl groups is 1. The van der Waals surface area contributed by atoms with Crippen molar-refractivity contribution in [2.75, 3.05) is 24.7 Å². The number of anilines is 1. The van der Waals surface area contributed by atoms with E-state index in [1.54, 1.807) is 6.07 Å². The Hall–Kier alpha value is -0.780. The van der Waals surface area contributed by atoms with Crippen molar-refractivity contribution in [3.8, 4) is 0 Å². The molecule has 0 saturated heterocycles. The second-order valence-corrected chi connectivity index (χ2v) is 4.44. The van der Waals surface area contributed by atoms with Gasteiger partial charge in [0.1, 0.15) is 5.82 Å². The van der Waals surface area contributed by atoms with Crippen LogP contribution in [0, 0.1) is 5.82 Å². The molecular formula is C11H16FNO2S. The fraction of sp³-hybridized carbons (Fsp3) is 0.455. The number of hydrogen-bond acceptors (Lipinski definition) is 4. The van der Waals surface area contributed by atoms with Crippen LogP contribution in [-0.4, -0.2) is 30.2 Å². The molecule has 5 heteroatoms. The van der Waals surface area contributed by atoms with Crippen LogP contribution < -0.4 is 5.73 Å². The first-order valence-electron chi connectivity index (χ1n) is 5.06. The van der Waals surface area contributed by atoms with Crippen molar-refractivity contribution in [2.24, 2.45) is 0 Å². The molecule has 0 radical (unpaired) electrons. The largest absolute Gasteiger partial charge is 0.399 e. The van der Waals surface area contributed by atoms with Gasteiger partial charge in [-0.25, -0.2) is 4.39 Å². The third-order valence-electron chi connectivity index (χ3n) is 1.85. The molecule has 0 fully saturated rings. The van der Waals surface area contributed by atoms with E-state index in [1.165, 1.54) is 23.9 Å². The minimum absolute atomic E-state index is 0.300. The normalized spacial score (nSPS) is 12.7. The minimum Gasteiger partial charge on any atom is -0.399 e. The lowest BCUT2D eigenvalue weighted by Gasteiger charge is -2.10. The summed E-state index contributed by atoms with van der Waals surface area (Å²) in [6, 6.07) is 4.34. The summed E-state index contributed by atoms with van der Waals surface area (Å²) in [5, 5.41) is 9.51. The summed E-state index contributed by atoms with van der Waals surface area (Å²) in [5.41, 5.74) is 5.90. The molecule has 0 aliphatic rings. The number of benzene rings is 1. The van der Waals surface area contributed by atoms with Gasteiger partial charge in [-0.1, -0.05) is 0 Å². The Morgan fingerprint density at radius 1 is 1.50 bits per heavy atom. The molecule has 0 aliphatic heterocycles. The molecule has 3 nitrogen and oxygen atoms in total. The number of rotatable bonds is 6. The molecule has 0 heterocycles. The predicted octanol–water partition coefficient (Wildman–Crippen LogP) is 1.90. The highest BCUT2D eigenvalue weighted by molar-refractivity contribution is 7.99. The number of thioether (sulfide) groups is 1. The van der Waals surface area contributed by atoms with Gasteiger partial charge >= 0.3 is 0 Å². The topological polar surface area (TPSA) is 55.5 Å². The molecule has 1 aromatic rings. The average Bonchev–Trinajstić information content (AvgIpc) is 2.22. The van der Waals surface area contributed by atoms with Gasteiger partial charge in [-0.15, -0.1) is 11.8 Å². The lowest BCUT2D eigenvalue weighted by atomic mass is 10.3. The smallest absolute Gasteiger partial charge is 0.126 e. The molecule has 1 unspecified atom stereocenters. The molecule has 0 amide bonds. The van der Waals surface area contributed by atoms with E-state index in [0.717, 1.165) is 0 Å². The fourth-order valence-corrected chi connectivity index (χ4v) is 2.06. The van der Waals surface area contributed by atoms with Crippen LogP contribution in [0.15, 0.2) is 23.1 Å². The SMILES string of the molecule is CCOCC(O)CSc1cc(N)cc(F)c1. The van der Waals surface area contributed by atoms with Crippen LogP contribution in [0.4, 0.5) is 10.1 Å². The summed E-state index contributed by atoms with van der Waals surface area (Å²) in [5.74, 6) is 0.102. The summed E-state index contributed by atoms with van der Waals surface area (Å²) in [6.07, 6.45) is -0.547. The first-order chi connectivity index (χ1) is 7.61. The number of hydrogen-bond donors (Lipinski definition) is 2. The van der Waals surface area contributed by atoms with E-state index >= 15 is 0 Å². The number of aliphatic hydroxyl groups excluding tert-OH is 1. The van der Waals surface area contributed by atoms with Gasteiger partial charge in [0.25, 0.3) is 0 Å². The summed E-state index contributed by atoms with van der Waals surface area (Å²) in [4.78, 5) is 0.716. The Bertz CT molecular complexity index is 316. The predicted molar refractivity (Wildman–Crippen MR) is 64.0 cm³/mol. The maximum absolute atomic E-state index is 13.0. The van der Waals surface area contributed by atoms with Crippen LogP contribution in [0.5, 0.6) is 0 Å². The molecule has 0 saturated carbocycles. The van der Waals surface area contributed by atoms with E-state index in [4.69, 9.17) is 10.5 Å². The second kappa shape index (κ2) is 6.73. The van der Waals surface area contributed by atoms with Gasteiger partial charge in [-0.2, -0.15) is 0 Å². The minimum atomic E-state index is -0.547. The Kier molecular flexibility index (Phi) is 5.59. The van der Waals surface area contributed by atoms with E-state index in [1.807, 2.05) is 6.92 Å². The number of ether oxygens (including phenoxy) is 1. The van der Waals surface area contributed by atoms with Crippen molar-refractivity contribution in [1.82, 2.24) is 0 Å². The summed E-state index contributed by atoms with van der Waals surface area (Å²) in [7, 11) is 0. The van der Waals surface area contributed by atoms with Gasteiger partial charge in [-0.05, 0) is 25.1 Å². The summed E-state index contributed by atoms with van der Waals surface area (Å²) >= 11 is 1.36. The summed E-state index contributed by atoms with van der Waals surface area (Å²) < 4.78 is 18.0. The molecule has 0 bridgehead atoms. The summed E-state index contributed by atoms with van der Waals surface area (Å²) in [6.45, 7) is 2.75. The van der Waals surface area contributed by atoms with Gasteiger partial charge in [0, 0.05) is 22.9 Å². The van der Waals surface area contributed by atoms with Gasteiger partial charge in [0.15, 0.2) is 0 Å². The van der Waals surface area contributed by atoms with Crippen LogP contribution in [0.2, 0.25) is 0 Å². The molecule has 16 heavy (non-hydrogen) atoms. The lowest BCUT2D eigenvalue weighted by Crippen LogP contribution is -2.17. The average molecular weight is 245 g/mol. The Morgan fingerprint density at radius 2 is 2.25 bits per heavy atom. The monoisotopic (exact) mass is 245 g/mol. The third kappa shape index (κ3) is 4.83. The molecule has 3 N–H and O–H groups in total. The maximum Gasteiger partial charge on any atom is 0.126 e. The number of nitrogens with two attached hydrogens (primary N) is 1. The first kappa shape index (κ1) is 13.3. The first-order valence-corrected chi connectivity index (χ1v) is 6.05. The van der Waals surface area contributed by atoms with Crippen molar-refractivity contribution in [3.05, 3.63) is 24.0 Å². The van der Waals surface area contributed by atoms with Crippen LogP contribution >= 0.6 is 11.8 Å². The second-order valence-electron chi connectivity index (χ2n) is 3.34. The zero-order chi connectivity index (χ0) is 12.0. The molecule has 1 aromatic carbocycles. The van der Waals surface area contributed by atoms with E-state index < -0.39 is 6.10 Å². The highest BCUT2D eigenvalue weighted by Crippen LogP contribution is 2.22. The zero-order valence-corrected chi connectivity index (χ0v) is 9.97. The molecule has 90 valence electrons. The zero-order valence-electron chi connectivity index (χ0n) is 9.15. The molecule has 0 aliphatic carbocycles. The molecule has 1 atom stereocenters. The van der Waals surface area contributed by atoms with Crippen molar-refractivity contribution in [3.63, 3.8) is 0 Å². The van der Waals surface area contributed by atoms with Gasteiger partial charge in [0.2, 0.25) is 0 Å². The van der Waals surface area contributed by atoms with E-state index in [0.29, 0.717) is 29.5 Å².